The van der Waals surface area contributed by atoms with Crippen molar-refractivity contribution in [3.8, 4) is 0 Å². The molecule has 0 aliphatic rings. The van der Waals surface area contributed by atoms with Gasteiger partial charge in [0.2, 0.25) is 5.95 Å². The average Bonchev–Trinajstić information content (AvgIpc) is 2.99. The molecule has 2 aromatic heterocycles. The number of aromatic amines is 1. The van der Waals surface area contributed by atoms with Crippen molar-refractivity contribution < 1.29 is 28.3 Å². The van der Waals surface area contributed by atoms with Crippen molar-refractivity contribution in [3.63, 3.8) is 0 Å². The van der Waals surface area contributed by atoms with Crippen LogP contribution in [0.25, 0.3) is 11.2 Å². The predicted molar refractivity (Wildman–Crippen MR) is 105 cm³/mol. The van der Waals surface area contributed by atoms with Crippen LogP contribution in [0.15, 0.2) is 11.1 Å². The number of anilines is 1. The second kappa shape index (κ2) is 9.79. The monoisotopic (exact) mass is 433 g/mol. The Balaban J connectivity index is 2.22. The van der Waals surface area contributed by atoms with Crippen LogP contribution in [0.4, 0.5) is 5.95 Å². The number of phosphoric acid groups is 1. The number of aliphatic hydroxyl groups excluding tert-OH is 1. The predicted octanol–water partition coefficient (Wildman–Crippen LogP) is 1.17. The number of ether oxygens (including phenoxy) is 1. The molecule has 0 aliphatic carbocycles. The third-order valence-corrected chi connectivity index (χ3v) is 4.93. The van der Waals surface area contributed by atoms with Crippen LogP contribution in [-0.4, -0.2) is 54.9 Å². The molecule has 0 fully saturated rings. The average molecular weight is 433 g/mol. The van der Waals surface area contributed by atoms with Gasteiger partial charge in [0.1, 0.15) is 0 Å². The first kappa shape index (κ1) is 23.5. The minimum atomic E-state index is -4.25. The first-order valence-electron chi connectivity index (χ1n) is 9.16. The quantitative estimate of drug-likeness (QED) is 0.376. The molecule has 0 aliphatic heterocycles. The number of H-pyrrole nitrogens is 1. The minimum Gasteiger partial charge on any atom is -0.392 e. The highest BCUT2D eigenvalue weighted by Crippen LogP contribution is 2.44. The molecule has 0 amide bonds. The largest absolute Gasteiger partial charge is 0.472 e. The Kier molecular flexibility index (Phi) is 7.92. The minimum absolute atomic E-state index is 0.0445. The number of hydrogen-bond acceptors (Lipinski definition) is 9. The van der Waals surface area contributed by atoms with E-state index in [1.54, 1.807) is 13.8 Å². The zero-order chi connectivity index (χ0) is 21.8. The molecule has 0 bridgehead atoms. The highest BCUT2D eigenvalue weighted by Gasteiger charge is 2.28. The van der Waals surface area contributed by atoms with E-state index in [-0.39, 0.29) is 29.6 Å². The third kappa shape index (κ3) is 6.59. The second-order valence-electron chi connectivity index (χ2n) is 7.22. The van der Waals surface area contributed by atoms with Crippen LogP contribution >= 0.6 is 7.82 Å². The fourth-order valence-corrected chi connectivity index (χ4v) is 3.68. The summed E-state index contributed by atoms with van der Waals surface area (Å²) in [5.74, 6) is 0.0678. The molecule has 12 nitrogen and oxygen atoms in total. The lowest BCUT2D eigenvalue weighted by atomic mass is 10.1. The number of aliphatic hydroxyl groups is 1. The van der Waals surface area contributed by atoms with Gasteiger partial charge in [-0.05, 0) is 26.2 Å². The number of rotatable bonds is 11. The molecule has 5 N–H and O–H groups in total. The highest BCUT2D eigenvalue weighted by molar-refractivity contribution is 7.47. The molecule has 1 unspecified atom stereocenters. The van der Waals surface area contributed by atoms with Crippen LogP contribution < -0.4 is 11.3 Å². The van der Waals surface area contributed by atoms with E-state index in [2.05, 4.69) is 15.0 Å². The standard InChI is InChI=1S/C16H28N5O7P/c1-9(2)5-11(7-26-29(24,25)28-10(3)4)27-12(6-22)21-8-18-13-14(21)19-16(17)20-15(13)23/h8-12,22H,5-7H2,1-4H3,(H,24,25)(H3,17,19,20,23)/t11-,12-/m1/s1. The van der Waals surface area contributed by atoms with E-state index in [0.717, 1.165) is 0 Å². The highest BCUT2D eigenvalue weighted by atomic mass is 31.2. The van der Waals surface area contributed by atoms with Gasteiger partial charge in [-0.1, -0.05) is 13.8 Å². The second-order valence-corrected chi connectivity index (χ2v) is 8.62. The maximum atomic E-state index is 12.0. The van der Waals surface area contributed by atoms with Gasteiger partial charge in [-0.3, -0.25) is 23.4 Å². The number of phosphoric ester groups is 1. The number of aromatic nitrogens is 4. The molecule has 29 heavy (non-hydrogen) atoms. The van der Waals surface area contributed by atoms with Crippen LogP contribution in [0, 0.1) is 5.92 Å². The summed E-state index contributed by atoms with van der Waals surface area (Å²) in [4.78, 5) is 32.1. The lowest BCUT2D eigenvalue weighted by molar-refractivity contribution is -0.101. The van der Waals surface area contributed by atoms with Gasteiger partial charge in [0.15, 0.2) is 17.4 Å². The van der Waals surface area contributed by atoms with E-state index in [4.69, 9.17) is 19.5 Å². The summed E-state index contributed by atoms with van der Waals surface area (Å²) in [5, 5.41) is 9.84. The van der Waals surface area contributed by atoms with E-state index in [0.29, 0.717) is 6.42 Å². The number of nitrogens with two attached hydrogens (primary N) is 1. The van der Waals surface area contributed by atoms with Crippen LogP contribution in [0.5, 0.6) is 0 Å². The number of nitrogen functional groups attached to an aromatic ring is 1. The topological polar surface area (TPSA) is 175 Å². The number of nitrogens with zero attached hydrogens (tertiary/aromatic N) is 3. The molecule has 3 atom stereocenters. The van der Waals surface area contributed by atoms with Crippen LogP contribution in [-0.2, 0) is 18.3 Å². The van der Waals surface area contributed by atoms with Crippen molar-refractivity contribution >= 4 is 24.9 Å². The summed E-state index contributed by atoms with van der Waals surface area (Å²) in [6.45, 7) is 6.41. The summed E-state index contributed by atoms with van der Waals surface area (Å²) in [6, 6.07) is 0. The van der Waals surface area contributed by atoms with Crippen molar-refractivity contribution in [1.29, 1.82) is 0 Å². The summed E-state index contributed by atoms with van der Waals surface area (Å²) in [6.07, 6.45) is -0.335. The maximum Gasteiger partial charge on any atom is 0.472 e. The maximum absolute atomic E-state index is 12.0. The Morgan fingerprint density at radius 2 is 2.03 bits per heavy atom. The molecular weight excluding hydrogens is 405 g/mol. The molecule has 2 heterocycles. The molecule has 0 spiro atoms. The number of imidazole rings is 1. The molecule has 13 heteroatoms. The SMILES string of the molecule is CC(C)C[C@H](COP(=O)(O)OC(C)C)O[C@H](CO)n1cnc2c(=O)[nH]c(N)nc21. The van der Waals surface area contributed by atoms with Gasteiger partial charge in [0, 0.05) is 0 Å². The van der Waals surface area contributed by atoms with Crippen LogP contribution in [0.1, 0.15) is 40.3 Å². The Bertz CT molecular complexity index is 913. The van der Waals surface area contributed by atoms with E-state index in [1.807, 2.05) is 13.8 Å². The Morgan fingerprint density at radius 1 is 1.34 bits per heavy atom. The smallest absolute Gasteiger partial charge is 0.392 e. The summed E-state index contributed by atoms with van der Waals surface area (Å²) in [5.41, 5.74) is 5.26. The summed E-state index contributed by atoms with van der Waals surface area (Å²) >= 11 is 0. The molecule has 0 aromatic carbocycles. The Hall–Kier alpha value is -1.82. The number of nitrogens with one attached hydrogen (secondary N) is 1. The first-order chi connectivity index (χ1) is 13.5. The Morgan fingerprint density at radius 3 is 2.62 bits per heavy atom. The van der Waals surface area contributed by atoms with Gasteiger partial charge in [0.25, 0.3) is 5.56 Å². The summed E-state index contributed by atoms with van der Waals surface area (Å²) < 4.78 is 29.2. The van der Waals surface area contributed by atoms with E-state index in [1.165, 1.54) is 10.9 Å². The van der Waals surface area contributed by atoms with Crippen LogP contribution in [0.2, 0.25) is 0 Å². The van der Waals surface area contributed by atoms with E-state index >= 15 is 0 Å². The molecule has 164 valence electrons. The molecule has 0 radical (unpaired) electrons. The zero-order valence-corrected chi connectivity index (χ0v) is 17.7. The van der Waals surface area contributed by atoms with Crippen molar-refractivity contribution in [2.45, 2.75) is 52.6 Å². The van der Waals surface area contributed by atoms with Gasteiger partial charge in [0.05, 0.1) is 31.7 Å². The first-order valence-corrected chi connectivity index (χ1v) is 10.7. The summed E-state index contributed by atoms with van der Waals surface area (Å²) in [7, 11) is -4.25. The van der Waals surface area contributed by atoms with E-state index in [9.17, 15) is 19.4 Å². The molecular formula is C16H28N5O7P. The van der Waals surface area contributed by atoms with Gasteiger partial charge < -0.3 is 20.5 Å². The lowest BCUT2D eigenvalue weighted by Crippen LogP contribution is -2.28. The van der Waals surface area contributed by atoms with Crippen molar-refractivity contribution in [3.05, 3.63) is 16.7 Å². The fourth-order valence-electron chi connectivity index (χ4n) is 2.74. The third-order valence-electron chi connectivity index (χ3n) is 3.77. The van der Waals surface area contributed by atoms with Gasteiger partial charge in [-0.15, -0.1) is 0 Å². The Labute approximate surface area is 167 Å². The fraction of sp³-hybridized carbons (Fsp3) is 0.688. The molecule has 0 saturated heterocycles. The molecule has 2 rings (SSSR count). The van der Waals surface area contributed by atoms with Gasteiger partial charge in [-0.25, -0.2) is 9.55 Å². The molecule has 2 aromatic rings. The van der Waals surface area contributed by atoms with Crippen molar-refractivity contribution in [2.75, 3.05) is 18.9 Å². The van der Waals surface area contributed by atoms with Gasteiger partial charge >= 0.3 is 7.82 Å². The van der Waals surface area contributed by atoms with Crippen molar-refractivity contribution in [1.82, 2.24) is 19.5 Å². The van der Waals surface area contributed by atoms with Crippen molar-refractivity contribution in [2.24, 2.45) is 5.92 Å². The lowest BCUT2D eigenvalue weighted by Gasteiger charge is -2.26. The normalized spacial score (nSPS) is 16.4. The van der Waals surface area contributed by atoms with Gasteiger partial charge in [-0.2, -0.15) is 4.98 Å². The van der Waals surface area contributed by atoms with Crippen LogP contribution in [0.3, 0.4) is 0 Å². The van der Waals surface area contributed by atoms with E-state index < -0.39 is 38.4 Å². The number of hydrogen-bond donors (Lipinski definition) is 4. The molecule has 0 saturated carbocycles. The zero-order valence-electron chi connectivity index (χ0n) is 16.8. The number of fused-ring (bicyclic) bond motifs is 1.